The van der Waals surface area contributed by atoms with E-state index in [0.29, 0.717) is 5.69 Å². The zero-order valence-corrected chi connectivity index (χ0v) is 10.5. The fourth-order valence-electron chi connectivity index (χ4n) is 1.84. The summed E-state index contributed by atoms with van der Waals surface area (Å²) in [4.78, 5) is 11.5. The molecule has 3 heteroatoms. The average Bonchev–Trinajstić information content (AvgIpc) is 2.80. The van der Waals surface area contributed by atoms with Gasteiger partial charge in [0.25, 0.3) is 0 Å². The van der Waals surface area contributed by atoms with Crippen LogP contribution in [-0.2, 0) is 11.8 Å². The van der Waals surface area contributed by atoms with E-state index in [0.717, 1.165) is 16.7 Å². The number of ether oxygens (including phenoxy) is 1. The van der Waals surface area contributed by atoms with Gasteiger partial charge in [-0.1, -0.05) is 36.9 Å². The van der Waals surface area contributed by atoms with Crippen LogP contribution in [0.5, 0.6) is 0 Å². The maximum absolute atomic E-state index is 11.5. The third-order valence-corrected chi connectivity index (χ3v) is 2.88. The SMILES string of the molecule is C=Cc1ccc(-c2cc(C(=O)OC)n(C)c2)cc1. The number of nitrogens with zero attached hydrogens (tertiary/aromatic N) is 1. The van der Waals surface area contributed by atoms with Crippen LogP contribution < -0.4 is 0 Å². The molecule has 92 valence electrons. The zero-order valence-electron chi connectivity index (χ0n) is 10.5. The molecule has 0 spiro atoms. The Kier molecular flexibility index (Phi) is 3.33. The minimum Gasteiger partial charge on any atom is -0.464 e. The summed E-state index contributed by atoms with van der Waals surface area (Å²) in [6.45, 7) is 3.72. The van der Waals surface area contributed by atoms with Crippen molar-refractivity contribution in [2.24, 2.45) is 7.05 Å². The largest absolute Gasteiger partial charge is 0.464 e. The van der Waals surface area contributed by atoms with Crippen molar-refractivity contribution in [3.05, 3.63) is 54.4 Å². The van der Waals surface area contributed by atoms with E-state index in [-0.39, 0.29) is 5.97 Å². The first kappa shape index (κ1) is 12.2. The molecule has 0 aliphatic rings. The Balaban J connectivity index is 2.38. The predicted octanol–water partition coefficient (Wildman–Crippen LogP) is 3.12. The highest BCUT2D eigenvalue weighted by Crippen LogP contribution is 2.22. The summed E-state index contributed by atoms with van der Waals surface area (Å²) in [6, 6.07) is 9.83. The third kappa shape index (κ3) is 2.20. The molecule has 0 bridgehead atoms. The van der Waals surface area contributed by atoms with Crippen LogP contribution in [0.15, 0.2) is 43.1 Å². The van der Waals surface area contributed by atoms with E-state index in [2.05, 4.69) is 6.58 Å². The number of hydrogen-bond acceptors (Lipinski definition) is 2. The molecule has 0 saturated heterocycles. The summed E-state index contributed by atoms with van der Waals surface area (Å²) in [5, 5.41) is 0. The van der Waals surface area contributed by atoms with Crippen LogP contribution in [0.3, 0.4) is 0 Å². The maximum Gasteiger partial charge on any atom is 0.354 e. The summed E-state index contributed by atoms with van der Waals surface area (Å²) in [5.41, 5.74) is 3.67. The van der Waals surface area contributed by atoms with E-state index >= 15 is 0 Å². The Bertz CT molecular complexity index is 579. The Morgan fingerprint density at radius 3 is 2.50 bits per heavy atom. The summed E-state index contributed by atoms with van der Waals surface area (Å²) in [5.74, 6) is -0.327. The highest BCUT2D eigenvalue weighted by atomic mass is 16.5. The first-order chi connectivity index (χ1) is 8.65. The Labute approximate surface area is 106 Å². The second kappa shape index (κ2) is 4.92. The number of carbonyl (C=O) groups is 1. The number of esters is 1. The van der Waals surface area contributed by atoms with Gasteiger partial charge in [0.1, 0.15) is 5.69 Å². The van der Waals surface area contributed by atoms with Crippen molar-refractivity contribution in [1.29, 1.82) is 0 Å². The fourth-order valence-corrected chi connectivity index (χ4v) is 1.84. The molecule has 2 aromatic rings. The summed E-state index contributed by atoms with van der Waals surface area (Å²) in [6.07, 6.45) is 3.71. The highest BCUT2D eigenvalue weighted by molar-refractivity contribution is 5.89. The third-order valence-electron chi connectivity index (χ3n) is 2.88. The van der Waals surface area contributed by atoms with Crippen LogP contribution in [0, 0.1) is 0 Å². The number of benzene rings is 1. The molecule has 2 rings (SSSR count). The van der Waals surface area contributed by atoms with Crippen molar-refractivity contribution in [3.63, 3.8) is 0 Å². The molecule has 1 aromatic heterocycles. The molecule has 0 radical (unpaired) electrons. The van der Waals surface area contributed by atoms with E-state index in [1.165, 1.54) is 7.11 Å². The number of hydrogen-bond donors (Lipinski definition) is 0. The lowest BCUT2D eigenvalue weighted by Crippen LogP contribution is -2.06. The minimum atomic E-state index is -0.327. The number of methoxy groups -OCH3 is 1. The highest BCUT2D eigenvalue weighted by Gasteiger charge is 2.12. The van der Waals surface area contributed by atoms with Crippen molar-refractivity contribution in [2.75, 3.05) is 7.11 Å². The average molecular weight is 241 g/mol. The van der Waals surface area contributed by atoms with Crippen molar-refractivity contribution >= 4 is 12.0 Å². The van der Waals surface area contributed by atoms with Gasteiger partial charge in [0.05, 0.1) is 7.11 Å². The second-order valence-corrected chi connectivity index (χ2v) is 4.04. The van der Waals surface area contributed by atoms with Crippen LogP contribution >= 0.6 is 0 Å². The van der Waals surface area contributed by atoms with Gasteiger partial charge < -0.3 is 9.30 Å². The minimum absolute atomic E-state index is 0.327. The lowest BCUT2D eigenvalue weighted by molar-refractivity contribution is 0.0590. The van der Waals surface area contributed by atoms with E-state index in [1.807, 2.05) is 43.6 Å². The molecule has 1 heterocycles. The van der Waals surface area contributed by atoms with Gasteiger partial charge in [-0.15, -0.1) is 0 Å². The Hall–Kier alpha value is -2.29. The molecular weight excluding hydrogens is 226 g/mol. The van der Waals surface area contributed by atoms with Crippen molar-refractivity contribution in [2.45, 2.75) is 0 Å². The smallest absolute Gasteiger partial charge is 0.354 e. The summed E-state index contributed by atoms with van der Waals surface area (Å²) >= 11 is 0. The standard InChI is InChI=1S/C15H15NO2/c1-4-11-5-7-12(8-6-11)13-9-14(15(17)18-3)16(2)10-13/h4-10H,1H2,2-3H3. The van der Waals surface area contributed by atoms with Gasteiger partial charge in [0, 0.05) is 18.8 Å². The fraction of sp³-hybridized carbons (Fsp3) is 0.133. The van der Waals surface area contributed by atoms with Gasteiger partial charge in [-0.25, -0.2) is 4.79 Å². The van der Waals surface area contributed by atoms with Crippen LogP contribution in [0.2, 0.25) is 0 Å². The molecule has 0 aliphatic heterocycles. The van der Waals surface area contributed by atoms with E-state index in [1.54, 1.807) is 10.6 Å². The van der Waals surface area contributed by atoms with Gasteiger partial charge in [-0.05, 0) is 17.2 Å². The van der Waals surface area contributed by atoms with Crippen molar-refractivity contribution in [1.82, 2.24) is 4.57 Å². The van der Waals surface area contributed by atoms with Crippen molar-refractivity contribution in [3.8, 4) is 11.1 Å². The number of aryl methyl sites for hydroxylation is 1. The molecule has 0 aliphatic carbocycles. The second-order valence-electron chi connectivity index (χ2n) is 4.04. The number of aromatic nitrogens is 1. The molecule has 18 heavy (non-hydrogen) atoms. The normalized spacial score (nSPS) is 10.1. The molecule has 0 unspecified atom stereocenters. The first-order valence-electron chi connectivity index (χ1n) is 5.63. The van der Waals surface area contributed by atoms with Crippen LogP contribution in [-0.4, -0.2) is 17.6 Å². The lowest BCUT2D eigenvalue weighted by Gasteiger charge is -1.98. The van der Waals surface area contributed by atoms with Crippen LogP contribution in [0.4, 0.5) is 0 Å². The van der Waals surface area contributed by atoms with Gasteiger partial charge >= 0.3 is 5.97 Å². The van der Waals surface area contributed by atoms with Gasteiger partial charge in [-0.3, -0.25) is 0 Å². The Morgan fingerprint density at radius 2 is 1.94 bits per heavy atom. The molecule has 0 N–H and O–H groups in total. The topological polar surface area (TPSA) is 31.2 Å². The zero-order chi connectivity index (χ0) is 13.1. The molecule has 0 amide bonds. The molecule has 1 aromatic carbocycles. The number of carbonyl (C=O) groups excluding carboxylic acids is 1. The predicted molar refractivity (Wildman–Crippen MR) is 72.3 cm³/mol. The van der Waals surface area contributed by atoms with E-state index in [9.17, 15) is 4.79 Å². The van der Waals surface area contributed by atoms with Crippen molar-refractivity contribution < 1.29 is 9.53 Å². The summed E-state index contributed by atoms with van der Waals surface area (Å²) < 4.78 is 6.50. The van der Waals surface area contributed by atoms with E-state index in [4.69, 9.17) is 4.74 Å². The maximum atomic E-state index is 11.5. The van der Waals surface area contributed by atoms with Crippen LogP contribution in [0.25, 0.3) is 17.2 Å². The van der Waals surface area contributed by atoms with Gasteiger partial charge in [-0.2, -0.15) is 0 Å². The molecule has 3 nitrogen and oxygen atoms in total. The Morgan fingerprint density at radius 1 is 1.28 bits per heavy atom. The van der Waals surface area contributed by atoms with Gasteiger partial charge in [0.2, 0.25) is 0 Å². The monoisotopic (exact) mass is 241 g/mol. The summed E-state index contributed by atoms with van der Waals surface area (Å²) in [7, 11) is 3.21. The molecule has 0 fully saturated rings. The molecular formula is C15H15NO2. The first-order valence-corrected chi connectivity index (χ1v) is 5.63. The van der Waals surface area contributed by atoms with Gasteiger partial charge in [0.15, 0.2) is 0 Å². The van der Waals surface area contributed by atoms with Crippen LogP contribution in [0.1, 0.15) is 16.1 Å². The van der Waals surface area contributed by atoms with E-state index < -0.39 is 0 Å². The number of rotatable bonds is 3. The lowest BCUT2D eigenvalue weighted by atomic mass is 10.1. The quantitative estimate of drug-likeness (QED) is 0.773. The molecule has 0 atom stereocenters. The molecule has 0 saturated carbocycles.